The minimum Gasteiger partial charge on any atom is -0.377 e. The molecule has 0 radical (unpaired) electrons. The summed E-state index contributed by atoms with van der Waals surface area (Å²) in [6, 6.07) is 7.23. The lowest BCUT2D eigenvalue weighted by Gasteiger charge is -2.33. The summed E-state index contributed by atoms with van der Waals surface area (Å²) in [7, 11) is 1.80. The first-order valence-electron chi connectivity index (χ1n) is 12.6. The Balaban J connectivity index is 1.77. The van der Waals surface area contributed by atoms with E-state index in [1.807, 2.05) is 25.7 Å². The van der Waals surface area contributed by atoms with E-state index in [9.17, 15) is 35.5 Å². The number of ether oxygens (including phenoxy) is 1. The number of hydrogen-bond acceptors (Lipinski definition) is 3. The van der Waals surface area contributed by atoms with Crippen molar-refractivity contribution >= 4 is 5.91 Å². The maximum atomic E-state index is 13.6. The van der Waals surface area contributed by atoms with Crippen LogP contribution < -0.4 is 5.32 Å². The van der Waals surface area contributed by atoms with Crippen LogP contribution in [0.4, 0.5) is 30.7 Å². The summed E-state index contributed by atoms with van der Waals surface area (Å²) in [6.45, 7) is 5.61. The van der Waals surface area contributed by atoms with E-state index in [0.29, 0.717) is 25.0 Å². The van der Waals surface area contributed by atoms with Crippen LogP contribution in [0.5, 0.6) is 0 Å². The van der Waals surface area contributed by atoms with Crippen LogP contribution in [-0.2, 0) is 28.3 Å². The summed E-state index contributed by atoms with van der Waals surface area (Å²) in [4.78, 5) is 14.4. The van der Waals surface area contributed by atoms with Crippen LogP contribution in [0.15, 0.2) is 42.5 Å². The van der Waals surface area contributed by atoms with Crippen LogP contribution in [0.3, 0.4) is 0 Å². The first-order valence-corrected chi connectivity index (χ1v) is 12.6. The largest absolute Gasteiger partial charge is 0.416 e. The van der Waals surface area contributed by atoms with Gasteiger partial charge in [0.25, 0.3) is 0 Å². The van der Waals surface area contributed by atoms with E-state index in [-0.39, 0.29) is 49.1 Å². The van der Waals surface area contributed by atoms with Gasteiger partial charge in [-0.1, -0.05) is 12.1 Å². The molecule has 3 rings (SSSR count). The highest BCUT2D eigenvalue weighted by Crippen LogP contribution is 2.40. The van der Waals surface area contributed by atoms with Gasteiger partial charge in [-0.15, -0.1) is 0 Å². The van der Waals surface area contributed by atoms with Crippen molar-refractivity contribution in [1.82, 2.24) is 10.2 Å². The predicted octanol–water partition coefficient (Wildman–Crippen LogP) is 6.58. The highest BCUT2D eigenvalue weighted by Gasteiger charge is 2.41. The molecule has 1 aliphatic carbocycles. The summed E-state index contributed by atoms with van der Waals surface area (Å²) in [5.74, 6) is -0.879. The smallest absolute Gasteiger partial charge is 0.377 e. The molecule has 1 aliphatic rings. The molecule has 1 fully saturated rings. The standard InChI is InChI=1S/C28H33F7N2O2/c1-26(2,3)36-24(38)16-37(4)22-9-10-23(25(22)18-5-7-21(29)8-6-18)39-12-11-17-13-19(27(30,31)32)15-20(14-17)28(33,34)35/h5-8,13-15,22-23,25H,9-12,16H2,1-4H3,(H,36,38). The number of halogens is 7. The summed E-state index contributed by atoms with van der Waals surface area (Å²) in [5.41, 5.74) is -2.52. The quantitative estimate of drug-likeness (QED) is 0.370. The summed E-state index contributed by atoms with van der Waals surface area (Å²) in [6.07, 6.45) is -9.25. The Kier molecular flexibility index (Phi) is 9.37. The number of carbonyl (C=O) groups is 1. The number of likely N-dealkylation sites (N-methyl/N-ethyl adjacent to an activating group) is 1. The Bertz CT molecular complexity index is 1090. The van der Waals surface area contributed by atoms with E-state index in [2.05, 4.69) is 5.32 Å². The average molecular weight is 563 g/mol. The molecule has 0 bridgehead atoms. The fourth-order valence-corrected chi connectivity index (χ4v) is 5.04. The molecule has 1 saturated carbocycles. The van der Waals surface area contributed by atoms with Crippen LogP contribution in [0.2, 0.25) is 0 Å². The lowest BCUT2D eigenvalue weighted by Crippen LogP contribution is -2.48. The van der Waals surface area contributed by atoms with Crippen molar-refractivity contribution in [2.45, 2.75) is 76.0 Å². The Morgan fingerprint density at radius 1 is 0.949 bits per heavy atom. The third kappa shape index (κ3) is 8.66. The fourth-order valence-electron chi connectivity index (χ4n) is 5.04. The lowest BCUT2D eigenvalue weighted by molar-refractivity contribution is -0.143. The molecule has 3 atom stereocenters. The van der Waals surface area contributed by atoms with Crippen molar-refractivity contribution in [2.75, 3.05) is 20.2 Å². The maximum absolute atomic E-state index is 13.6. The van der Waals surface area contributed by atoms with E-state index in [1.54, 1.807) is 19.2 Å². The second-order valence-corrected chi connectivity index (χ2v) is 11.0. The Morgan fingerprint density at radius 2 is 1.51 bits per heavy atom. The SMILES string of the molecule is CN(CC(=O)NC(C)(C)C)C1CCC(OCCc2cc(C(F)(F)F)cc(C(F)(F)F)c2)C1c1ccc(F)cc1. The van der Waals surface area contributed by atoms with Gasteiger partial charge in [0.15, 0.2) is 0 Å². The normalized spacial score (nSPS) is 20.5. The summed E-state index contributed by atoms with van der Waals surface area (Å²) in [5, 5.41) is 2.91. The predicted molar refractivity (Wildman–Crippen MR) is 133 cm³/mol. The van der Waals surface area contributed by atoms with Crippen molar-refractivity contribution in [3.8, 4) is 0 Å². The Hall–Kier alpha value is -2.66. The topological polar surface area (TPSA) is 41.6 Å². The molecule has 3 unspecified atom stereocenters. The van der Waals surface area contributed by atoms with Gasteiger partial charge >= 0.3 is 12.4 Å². The molecule has 2 aromatic carbocycles. The monoisotopic (exact) mass is 562 g/mol. The highest BCUT2D eigenvalue weighted by molar-refractivity contribution is 5.78. The van der Waals surface area contributed by atoms with Crippen molar-refractivity contribution < 1.29 is 40.3 Å². The zero-order valence-corrected chi connectivity index (χ0v) is 22.2. The van der Waals surface area contributed by atoms with Gasteiger partial charge in [-0.05, 0) is 88.5 Å². The second-order valence-electron chi connectivity index (χ2n) is 11.0. The molecule has 0 spiro atoms. The molecule has 4 nitrogen and oxygen atoms in total. The van der Waals surface area contributed by atoms with E-state index < -0.39 is 40.9 Å². The molecule has 1 amide bonds. The van der Waals surface area contributed by atoms with Crippen LogP contribution in [-0.4, -0.2) is 48.7 Å². The Morgan fingerprint density at radius 3 is 2.03 bits per heavy atom. The van der Waals surface area contributed by atoms with E-state index in [0.717, 1.165) is 5.56 Å². The summed E-state index contributed by atoms with van der Waals surface area (Å²) < 4.78 is 98.9. The molecule has 0 heterocycles. The van der Waals surface area contributed by atoms with Gasteiger partial charge in [0, 0.05) is 17.5 Å². The van der Waals surface area contributed by atoms with Crippen molar-refractivity contribution in [3.05, 3.63) is 70.5 Å². The molecule has 1 N–H and O–H groups in total. The third-order valence-corrected chi connectivity index (χ3v) is 6.66. The number of amides is 1. The van der Waals surface area contributed by atoms with E-state index in [1.165, 1.54) is 12.1 Å². The van der Waals surface area contributed by atoms with Crippen LogP contribution in [0, 0.1) is 5.82 Å². The summed E-state index contributed by atoms with van der Waals surface area (Å²) >= 11 is 0. The lowest BCUT2D eigenvalue weighted by atomic mass is 9.91. The fraction of sp³-hybridized carbons (Fsp3) is 0.536. The molecular weight excluding hydrogens is 529 g/mol. The van der Waals surface area contributed by atoms with Gasteiger partial charge in [0.1, 0.15) is 5.82 Å². The van der Waals surface area contributed by atoms with Gasteiger partial charge in [-0.2, -0.15) is 26.3 Å². The van der Waals surface area contributed by atoms with E-state index in [4.69, 9.17) is 4.74 Å². The number of alkyl halides is 6. The Labute approximate surface area is 223 Å². The van der Waals surface area contributed by atoms with Crippen molar-refractivity contribution in [3.63, 3.8) is 0 Å². The van der Waals surface area contributed by atoms with Gasteiger partial charge in [-0.3, -0.25) is 9.69 Å². The van der Waals surface area contributed by atoms with Crippen LogP contribution >= 0.6 is 0 Å². The number of nitrogens with one attached hydrogen (secondary N) is 1. The first kappa shape index (κ1) is 30.9. The van der Waals surface area contributed by atoms with E-state index >= 15 is 0 Å². The number of benzene rings is 2. The molecule has 0 aromatic heterocycles. The van der Waals surface area contributed by atoms with Crippen LogP contribution in [0.25, 0.3) is 0 Å². The zero-order chi connectivity index (χ0) is 29.2. The zero-order valence-electron chi connectivity index (χ0n) is 22.2. The van der Waals surface area contributed by atoms with Gasteiger partial charge in [0.2, 0.25) is 5.91 Å². The molecule has 0 aliphatic heterocycles. The van der Waals surface area contributed by atoms with Crippen molar-refractivity contribution in [1.29, 1.82) is 0 Å². The average Bonchev–Trinajstić information content (AvgIpc) is 3.21. The molecule has 11 heteroatoms. The van der Waals surface area contributed by atoms with Gasteiger partial charge in [-0.25, -0.2) is 4.39 Å². The maximum Gasteiger partial charge on any atom is 0.416 e. The minimum atomic E-state index is -4.92. The number of rotatable bonds is 8. The second kappa shape index (κ2) is 11.8. The third-order valence-electron chi connectivity index (χ3n) is 6.66. The number of nitrogens with zero attached hydrogens (tertiary/aromatic N) is 1. The van der Waals surface area contributed by atoms with Gasteiger partial charge in [0.05, 0.1) is 30.4 Å². The van der Waals surface area contributed by atoms with Gasteiger partial charge < -0.3 is 10.1 Å². The van der Waals surface area contributed by atoms with Crippen molar-refractivity contribution in [2.24, 2.45) is 0 Å². The molecular formula is C28H33F7N2O2. The highest BCUT2D eigenvalue weighted by atomic mass is 19.4. The molecule has 0 saturated heterocycles. The molecule has 39 heavy (non-hydrogen) atoms. The van der Waals surface area contributed by atoms with Crippen LogP contribution in [0.1, 0.15) is 61.8 Å². The first-order chi connectivity index (χ1) is 17.9. The minimum absolute atomic E-state index is 0.0993. The number of carbonyl (C=O) groups excluding carboxylic acids is 1. The number of hydrogen-bond donors (Lipinski definition) is 1. The molecule has 216 valence electrons. The molecule has 2 aromatic rings.